The van der Waals surface area contributed by atoms with E-state index in [-0.39, 0.29) is 30.2 Å². The molecule has 0 fully saturated rings. The van der Waals surface area contributed by atoms with Gasteiger partial charge in [0.2, 0.25) is 10.0 Å². The first kappa shape index (κ1) is 18.9. The van der Waals surface area contributed by atoms with Gasteiger partial charge in [-0.1, -0.05) is 19.1 Å². The first-order chi connectivity index (χ1) is 10.9. The number of amides is 1. The number of para-hydroxylation sites is 1. The molecule has 0 aliphatic carbocycles. The summed E-state index contributed by atoms with van der Waals surface area (Å²) >= 11 is 0. The van der Waals surface area contributed by atoms with E-state index in [1.807, 2.05) is 0 Å². The average molecular weight is 344 g/mol. The van der Waals surface area contributed by atoms with Crippen LogP contribution >= 0.6 is 0 Å². The standard InChI is InChI=1S/C14H20N2O6S/c1-2-9-23(20,21)16-12-6-4-3-5-11(12)14(19)15-7-8-22-10-13(17)18/h3-6,16H,2,7-10H2,1H3,(H,15,19)(H,17,18). The number of carbonyl (C=O) groups excluding carboxylic acids is 1. The van der Waals surface area contributed by atoms with E-state index < -0.39 is 28.5 Å². The molecule has 1 amide bonds. The molecular formula is C14H20N2O6S. The van der Waals surface area contributed by atoms with Gasteiger partial charge >= 0.3 is 5.97 Å². The molecule has 0 atom stereocenters. The molecule has 23 heavy (non-hydrogen) atoms. The molecule has 1 aromatic carbocycles. The van der Waals surface area contributed by atoms with Gasteiger partial charge in [-0.05, 0) is 18.6 Å². The Morgan fingerprint density at radius 3 is 2.61 bits per heavy atom. The number of carboxylic acid groups (broad SMARTS) is 1. The summed E-state index contributed by atoms with van der Waals surface area (Å²) in [6.45, 7) is 1.46. The molecule has 0 saturated carbocycles. The van der Waals surface area contributed by atoms with E-state index in [0.29, 0.717) is 6.42 Å². The number of nitrogens with one attached hydrogen (secondary N) is 2. The molecule has 8 nitrogen and oxygen atoms in total. The molecule has 0 radical (unpaired) electrons. The molecule has 128 valence electrons. The van der Waals surface area contributed by atoms with Gasteiger partial charge in [0, 0.05) is 6.54 Å². The Morgan fingerprint density at radius 1 is 1.26 bits per heavy atom. The van der Waals surface area contributed by atoms with Gasteiger partial charge in [-0.25, -0.2) is 13.2 Å². The lowest BCUT2D eigenvalue weighted by molar-refractivity contribution is -0.142. The van der Waals surface area contributed by atoms with E-state index in [9.17, 15) is 18.0 Å². The van der Waals surface area contributed by atoms with Crippen LogP contribution < -0.4 is 10.0 Å². The maximum Gasteiger partial charge on any atom is 0.329 e. The topological polar surface area (TPSA) is 122 Å². The molecule has 0 aliphatic heterocycles. The lowest BCUT2D eigenvalue weighted by Gasteiger charge is -2.12. The zero-order valence-electron chi connectivity index (χ0n) is 12.7. The van der Waals surface area contributed by atoms with Crippen molar-refractivity contribution < 1.29 is 27.9 Å². The molecule has 0 heterocycles. The molecule has 0 spiro atoms. The summed E-state index contributed by atoms with van der Waals surface area (Å²) in [6.07, 6.45) is 0.463. The van der Waals surface area contributed by atoms with E-state index in [1.165, 1.54) is 12.1 Å². The zero-order chi connectivity index (χ0) is 17.3. The van der Waals surface area contributed by atoms with Crippen molar-refractivity contribution in [3.63, 3.8) is 0 Å². The van der Waals surface area contributed by atoms with E-state index >= 15 is 0 Å². The molecule has 1 aromatic rings. The summed E-state index contributed by atoms with van der Waals surface area (Å²) < 4.78 is 30.8. The smallest absolute Gasteiger partial charge is 0.329 e. The summed E-state index contributed by atoms with van der Waals surface area (Å²) in [7, 11) is -3.50. The Morgan fingerprint density at radius 2 is 1.96 bits per heavy atom. The number of carbonyl (C=O) groups is 2. The molecule has 3 N–H and O–H groups in total. The maximum absolute atomic E-state index is 12.1. The quantitative estimate of drug-likeness (QED) is 0.536. The predicted molar refractivity (Wildman–Crippen MR) is 84.9 cm³/mol. The largest absolute Gasteiger partial charge is 0.480 e. The normalized spacial score (nSPS) is 11.0. The summed E-state index contributed by atoms with van der Waals surface area (Å²) in [4.78, 5) is 22.4. The third kappa shape index (κ3) is 7.11. The van der Waals surface area contributed by atoms with Crippen molar-refractivity contribution >= 4 is 27.6 Å². The fourth-order valence-corrected chi connectivity index (χ4v) is 2.90. The Hall–Kier alpha value is -2.13. The lowest BCUT2D eigenvalue weighted by Crippen LogP contribution is -2.29. The SMILES string of the molecule is CCCS(=O)(=O)Nc1ccccc1C(=O)NCCOCC(=O)O. The first-order valence-corrected chi connectivity index (χ1v) is 8.68. The Balaban J connectivity index is 2.65. The van der Waals surface area contributed by atoms with E-state index in [2.05, 4.69) is 10.0 Å². The van der Waals surface area contributed by atoms with Gasteiger partial charge in [0.15, 0.2) is 0 Å². The number of hydrogen-bond donors (Lipinski definition) is 3. The number of anilines is 1. The van der Waals surface area contributed by atoms with E-state index in [0.717, 1.165) is 0 Å². The fourth-order valence-electron chi connectivity index (χ4n) is 1.75. The molecule has 0 aliphatic rings. The minimum absolute atomic E-state index is 0.0357. The van der Waals surface area contributed by atoms with Crippen LogP contribution in [0.2, 0.25) is 0 Å². The number of ether oxygens (including phenoxy) is 1. The second-order valence-corrected chi connectivity index (χ2v) is 6.51. The lowest BCUT2D eigenvalue weighted by atomic mass is 10.1. The summed E-state index contributed by atoms with van der Waals surface area (Å²) in [6, 6.07) is 6.24. The highest BCUT2D eigenvalue weighted by atomic mass is 32.2. The monoisotopic (exact) mass is 344 g/mol. The minimum atomic E-state index is -3.50. The van der Waals surface area contributed by atoms with Crippen LogP contribution in [-0.2, 0) is 19.6 Å². The van der Waals surface area contributed by atoms with Crippen molar-refractivity contribution in [2.75, 3.05) is 30.2 Å². The molecular weight excluding hydrogens is 324 g/mol. The van der Waals surface area contributed by atoms with Crippen molar-refractivity contribution in [2.24, 2.45) is 0 Å². The molecule has 1 rings (SSSR count). The first-order valence-electron chi connectivity index (χ1n) is 7.03. The van der Waals surface area contributed by atoms with Crippen molar-refractivity contribution in [1.82, 2.24) is 5.32 Å². The Labute approximate surface area is 134 Å². The number of hydrogen-bond acceptors (Lipinski definition) is 5. The van der Waals surface area contributed by atoms with Crippen LogP contribution in [-0.4, -0.2) is 50.9 Å². The Kier molecular flexibility index (Phi) is 7.49. The highest BCUT2D eigenvalue weighted by Gasteiger charge is 2.15. The van der Waals surface area contributed by atoms with E-state index in [4.69, 9.17) is 9.84 Å². The molecule has 0 aromatic heterocycles. The van der Waals surface area contributed by atoms with Gasteiger partial charge in [0.1, 0.15) is 6.61 Å². The van der Waals surface area contributed by atoms with Crippen LogP contribution in [0.25, 0.3) is 0 Å². The van der Waals surface area contributed by atoms with Gasteiger partial charge in [0.05, 0.1) is 23.6 Å². The third-order valence-electron chi connectivity index (χ3n) is 2.67. The minimum Gasteiger partial charge on any atom is -0.480 e. The number of benzene rings is 1. The number of carboxylic acids is 1. The summed E-state index contributed by atoms with van der Waals surface area (Å²) in [5.74, 6) is -1.60. The average Bonchev–Trinajstić information content (AvgIpc) is 2.46. The highest BCUT2D eigenvalue weighted by Crippen LogP contribution is 2.16. The fraction of sp³-hybridized carbons (Fsp3) is 0.429. The third-order valence-corrected chi connectivity index (χ3v) is 4.14. The van der Waals surface area contributed by atoms with Crippen LogP contribution in [0, 0.1) is 0 Å². The van der Waals surface area contributed by atoms with Gasteiger partial charge in [-0.3, -0.25) is 9.52 Å². The molecule has 0 saturated heterocycles. The maximum atomic E-state index is 12.1. The number of rotatable bonds is 10. The van der Waals surface area contributed by atoms with Crippen LogP contribution in [0.3, 0.4) is 0 Å². The summed E-state index contributed by atoms with van der Waals surface area (Å²) in [5.41, 5.74) is 0.385. The van der Waals surface area contributed by atoms with Gasteiger partial charge in [-0.15, -0.1) is 0 Å². The second-order valence-electron chi connectivity index (χ2n) is 4.67. The van der Waals surface area contributed by atoms with Crippen molar-refractivity contribution in [1.29, 1.82) is 0 Å². The molecule has 0 unspecified atom stereocenters. The summed E-state index contributed by atoms with van der Waals surface area (Å²) in [5, 5.41) is 10.9. The second kappa shape index (κ2) is 9.11. The van der Waals surface area contributed by atoms with Crippen LogP contribution in [0.4, 0.5) is 5.69 Å². The highest BCUT2D eigenvalue weighted by molar-refractivity contribution is 7.92. The van der Waals surface area contributed by atoms with Crippen LogP contribution in [0.5, 0.6) is 0 Å². The van der Waals surface area contributed by atoms with Gasteiger partial charge in [-0.2, -0.15) is 0 Å². The number of aliphatic carboxylic acids is 1. The molecule has 0 bridgehead atoms. The van der Waals surface area contributed by atoms with Gasteiger partial charge in [0.25, 0.3) is 5.91 Å². The zero-order valence-corrected chi connectivity index (χ0v) is 13.6. The van der Waals surface area contributed by atoms with Crippen LogP contribution in [0.1, 0.15) is 23.7 Å². The predicted octanol–water partition coefficient (Wildman–Crippen LogP) is 0.669. The molecule has 9 heteroatoms. The van der Waals surface area contributed by atoms with Crippen LogP contribution in [0.15, 0.2) is 24.3 Å². The van der Waals surface area contributed by atoms with E-state index in [1.54, 1.807) is 19.1 Å². The van der Waals surface area contributed by atoms with Gasteiger partial charge < -0.3 is 15.2 Å². The number of sulfonamides is 1. The van der Waals surface area contributed by atoms with Crippen molar-refractivity contribution in [3.05, 3.63) is 29.8 Å². The van der Waals surface area contributed by atoms with Crippen molar-refractivity contribution in [3.8, 4) is 0 Å². The Bertz CT molecular complexity index is 644. The van der Waals surface area contributed by atoms with Crippen molar-refractivity contribution in [2.45, 2.75) is 13.3 Å².